The van der Waals surface area contributed by atoms with Crippen LogP contribution in [-0.2, 0) is 10.0 Å². The van der Waals surface area contributed by atoms with Crippen LogP contribution in [0.3, 0.4) is 0 Å². The third-order valence-electron chi connectivity index (χ3n) is 4.14. The Morgan fingerprint density at radius 2 is 1.88 bits per heavy atom. The minimum atomic E-state index is -3.60. The van der Waals surface area contributed by atoms with Gasteiger partial charge < -0.3 is 14.7 Å². The molecular weight excluding hydrogens is 344 g/mol. The van der Waals surface area contributed by atoms with Crippen LogP contribution in [0.2, 0.25) is 0 Å². The molecule has 3 heterocycles. The van der Waals surface area contributed by atoms with Crippen LogP contribution in [-0.4, -0.2) is 60.8 Å². The first-order chi connectivity index (χ1) is 11.9. The third kappa shape index (κ3) is 3.45. The Kier molecular flexibility index (Phi) is 4.91. The summed E-state index contributed by atoms with van der Waals surface area (Å²) in [5.74, 6) is 1.80. The van der Waals surface area contributed by atoms with E-state index in [-0.39, 0.29) is 4.90 Å². The first-order valence-electron chi connectivity index (χ1n) is 8.19. The fourth-order valence-electron chi connectivity index (χ4n) is 2.90. The molecule has 10 heteroatoms. The van der Waals surface area contributed by atoms with Crippen LogP contribution in [0.25, 0.3) is 0 Å². The summed E-state index contributed by atoms with van der Waals surface area (Å²) >= 11 is 0. The number of aromatic nitrogens is 3. The summed E-state index contributed by atoms with van der Waals surface area (Å²) in [6.07, 6.45) is 0. The van der Waals surface area contributed by atoms with Crippen molar-refractivity contribution < 1.29 is 12.9 Å². The van der Waals surface area contributed by atoms with Gasteiger partial charge in [0, 0.05) is 32.7 Å². The van der Waals surface area contributed by atoms with Gasteiger partial charge in [-0.15, -0.1) is 10.2 Å². The molecular formula is C15H22N6O3S. The van der Waals surface area contributed by atoms with E-state index < -0.39 is 10.0 Å². The van der Waals surface area contributed by atoms with Gasteiger partial charge in [-0.25, -0.2) is 8.42 Å². The molecule has 1 aliphatic rings. The molecule has 9 nitrogen and oxygen atoms in total. The highest BCUT2D eigenvalue weighted by Crippen LogP contribution is 2.25. The van der Waals surface area contributed by atoms with E-state index in [1.54, 1.807) is 13.8 Å². The van der Waals surface area contributed by atoms with E-state index >= 15 is 0 Å². The molecule has 0 spiro atoms. The van der Waals surface area contributed by atoms with Gasteiger partial charge in [0.2, 0.25) is 10.0 Å². The van der Waals surface area contributed by atoms with Crippen molar-refractivity contribution in [3.63, 3.8) is 0 Å². The second-order valence-electron chi connectivity index (χ2n) is 5.85. The zero-order chi connectivity index (χ0) is 18.0. The number of nitrogens with zero attached hydrogens (tertiary/aromatic N) is 5. The molecule has 0 atom stereocenters. The molecule has 1 fully saturated rings. The number of rotatable bonds is 5. The number of nitrogens with one attached hydrogen (secondary N) is 1. The largest absolute Gasteiger partial charge is 0.369 e. The minimum Gasteiger partial charge on any atom is -0.369 e. The van der Waals surface area contributed by atoms with Gasteiger partial charge in [0.25, 0.3) is 0 Å². The molecule has 0 unspecified atom stereocenters. The summed E-state index contributed by atoms with van der Waals surface area (Å²) in [4.78, 5) is 2.21. The molecule has 2 aromatic rings. The van der Waals surface area contributed by atoms with E-state index in [4.69, 9.17) is 4.52 Å². The lowest BCUT2D eigenvalue weighted by Gasteiger charge is -2.34. The average molecular weight is 366 g/mol. The second-order valence-corrected chi connectivity index (χ2v) is 7.73. The van der Waals surface area contributed by atoms with Crippen molar-refractivity contribution in [1.82, 2.24) is 19.7 Å². The SMILES string of the molecule is CCNc1ccc(N2CCN(S(=O)(=O)c3c(C)noc3C)CC2)nn1. The summed E-state index contributed by atoms with van der Waals surface area (Å²) in [6.45, 7) is 7.90. The molecule has 1 saturated heterocycles. The van der Waals surface area contributed by atoms with E-state index in [2.05, 4.69) is 20.7 Å². The van der Waals surface area contributed by atoms with Crippen LogP contribution in [0.5, 0.6) is 0 Å². The highest BCUT2D eigenvalue weighted by atomic mass is 32.2. The van der Waals surface area contributed by atoms with Crippen molar-refractivity contribution in [2.75, 3.05) is 42.9 Å². The maximum Gasteiger partial charge on any atom is 0.248 e. The van der Waals surface area contributed by atoms with E-state index in [0.29, 0.717) is 37.6 Å². The smallest absolute Gasteiger partial charge is 0.248 e. The molecule has 136 valence electrons. The molecule has 0 radical (unpaired) electrons. The maximum absolute atomic E-state index is 12.8. The van der Waals surface area contributed by atoms with Gasteiger partial charge in [-0.2, -0.15) is 4.31 Å². The van der Waals surface area contributed by atoms with E-state index in [1.165, 1.54) is 4.31 Å². The zero-order valence-electron chi connectivity index (χ0n) is 14.6. The standard InChI is InChI=1S/C15H22N6O3S/c1-4-16-13-5-6-14(18-17-13)20-7-9-21(10-8-20)25(22,23)15-11(2)19-24-12(15)3/h5-6H,4,7-10H2,1-3H3,(H,16,17). The monoisotopic (exact) mass is 366 g/mol. The van der Waals surface area contributed by atoms with Crippen molar-refractivity contribution in [3.8, 4) is 0 Å². The van der Waals surface area contributed by atoms with Crippen molar-refractivity contribution in [2.24, 2.45) is 0 Å². The summed E-state index contributed by atoms with van der Waals surface area (Å²) in [7, 11) is -3.60. The van der Waals surface area contributed by atoms with Crippen LogP contribution < -0.4 is 10.2 Å². The van der Waals surface area contributed by atoms with Gasteiger partial charge in [-0.05, 0) is 32.9 Å². The van der Waals surface area contributed by atoms with Crippen LogP contribution in [0, 0.1) is 13.8 Å². The number of anilines is 2. The molecule has 1 aliphatic heterocycles. The van der Waals surface area contributed by atoms with Crippen molar-refractivity contribution in [2.45, 2.75) is 25.7 Å². The molecule has 2 aromatic heterocycles. The molecule has 0 saturated carbocycles. The fraction of sp³-hybridized carbons (Fsp3) is 0.533. The number of sulfonamides is 1. The lowest BCUT2D eigenvalue weighted by atomic mass is 10.3. The number of piperazine rings is 1. The first-order valence-corrected chi connectivity index (χ1v) is 9.63. The molecule has 25 heavy (non-hydrogen) atoms. The topological polar surface area (TPSA) is 104 Å². The van der Waals surface area contributed by atoms with Gasteiger partial charge >= 0.3 is 0 Å². The number of hydrogen-bond acceptors (Lipinski definition) is 8. The lowest BCUT2D eigenvalue weighted by molar-refractivity contribution is 0.377. The van der Waals surface area contributed by atoms with E-state index in [9.17, 15) is 8.42 Å². The summed E-state index contributed by atoms with van der Waals surface area (Å²) in [5, 5.41) is 15.2. The predicted molar refractivity (Wildman–Crippen MR) is 93.1 cm³/mol. The second kappa shape index (κ2) is 6.96. The minimum absolute atomic E-state index is 0.177. The normalized spacial score (nSPS) is 16.2. The van der Waals surface area contributed by atoms with Crippen LogP contribution in [0.1, 0.15) is 18.4 Å². The first kappa shape index (κ1) is 17.6. The number of aryl methyl sites for hydroxylation is 2. The zero-order valence-corrected chi connectivity index (χ0v) is 15.4. The Hall–Kier alpha value is -2.20. The van der Waals surface area contributed by atoms with E-state index in [1.807, 2.05) is 24.0 Å². The van der Waals surface area contributed by atoms with Crippen molar-refractivity contribution in [3.05, 3.63) is 23.6 Å². The van der Waals surface area contributed by atoms with Gasteiger partial charge in [0.15, 0.2) is 11.6 Å². The maximum atomic E-state index is 12.8. The molecule has 0 bridgehead atoms. The lowest BCUT2D eigenvalue weighted by Crippen LogP contribution is -2.49. The fourth-order valence-corrected chi connectivity index (χ4v) is 4.61. The van der Waals surface area contributed by atoms with Crippen molar-refractivity contribution >= 4 is 21.7 Å². The highest BCUT2D eigenvalue weighted by molar-refractivity contribution is 7.89. The number of hydrogen-bond donors (Lipinski definition) is 1. The van der Waals surface area contributed by atoms with Crippen LogP contribution in [0.4, 0.5) is 11.6 Å². The quantitative estimate of drug-likeness (QED) is 0.836. The predicted octanol–water partition coefficient (Wildman–Crippen LogP) is 1.02. The third-order valence-corrected chi connectivity index (χ3v) is 6.28. The Balaban J connectivity index is 1.69. The van der Waals surface area contributed by atoms with Gasteiger partial charge in [-0.1, -0.05) is 5.16 Å². The Labute approximate surface area is 147 Å². The highest BCUT2D eigenvalue weighted by Gasteiger charge is 2.33. The summed E-state index contributed by atoms with van der Waals surface area (Å²) in [5.41, 5.74) is 0.393. The van der Waals surface area contributed by atoms with E-state index in [0.717, 1.165) is 18.2 Å². The molecule has 0 amide bonds. The Bertz CT molecular complexity index is 806. The van der Waals surface area contributed by atoms with Gasteiger partial charge in [0.05, 0.1) is 0 Å². The Morgan fingerprint density at radius 1 is 1.16 bits per heavy atom. The molecule has 0 aliphatic carbocycles. The van der Waals surface area contributed by atoms with Crippen molar-refractivity contribution in [1.29, 1.82) is 0 Å². The van der Waals surface area contributed by atoms with Gasteiger partial charge in [-0.3, -0.25) is 0 Å². The Morgan fingerprint density at radius 3 is 2.40 bits per heavy atom. The van der Waals surface area contributed by atoms with Crippen LogP contribution in [0.15, 0.2) is 21.6 Å². The van der Waals surface area contributed by atoms with Crippen LogP contribution >= 0.6 is 0 Å². The molecule has 3 rings (SSSR count). The summed E-state index contributed by atoms with van der Waals surface area (Å²) in [6, 6.07) is 3.77. The summed E-state index contributed by atoms with van der Waals surface area (Å²) < 4.78 is 32.1. The average Bonchev–Trinajstić information content (AvgIpc) is 2.95. The molecule has 1 N–H and O–H groups in total. The van der Waals surface area contributed by atoms with Gasteiger partial charge in [0.1, 0.15) is 16.4 Å². The molecule has 0 aromatic carbocycles.